The third-order valence-corrected chi connectivity index (χ3v) is 3.33. The second kappa shape index (κ2) is 9.90. The Kier molecular flexibility index (Phi) is 7.85. The van der Waals surface area contributed by atoms with Gasteiger partial charge in [-0.2, -0.15) is 0 Å². The van der Waals surface area contributed by atoms with Crippen molar-refractivity contribution in [3.05, 3.63) is 35.4 Å². The SMILES string of the molecule is C#C[C@H](CC(=O)O)NC(=O)NCCCCc1ccc(C(=N)N)cc1. The van der Waals surface area contributed by atoms with Crippen molar-refractivity contribution in [2.75, 3.05) is 6.54 Å². The van der Waals surface area contributed by atoms with E-state index in [1.54, 1.807) is 0 Å². The second-order valence-corrected chi connectivity index (χ2v) is 5.29. The third kappa shape index (κ3) is 7.31. The molecule has 7 heteroatoms. The number of amidine groups is 1. The number of carboxylic acids is 1. The van der Waals surface area contributed by atoms with Crippen LogP contribution in [-0.2, 0) is 11.2 Å². The van der Waals surface area contributed by atoms with Crippen LogP contribution in [0.2, 0.25) is 0 Å². The number of hydrogen-bond donors (Lipinski definition) is 5. The van der Waals surface area contributed by atoms with Crippen molar-refractivity contribution in [2.24, 2.45) is 5.73 Å². The van der Waals surface area contributed by atoms with Crippen molar-refractivity contribution in [3.8, 4) is 12.3 Å². The Hall–Kier alpha value is -3.01. The number of nitrogens with one attached hydrogen (secondary N) is 3. The van der Waals surface area contributed by atoms with Gasteiger partial charge >= 0.3 is 12.0 Å². The maximum atomic E-state index is 11.6. The lowest BCUT2D eigenvalue weighted by atomic mass is 10.1. The fourth-order valence-electron chi connectivity index (χ4n) is 2.04. The van der Waals surface area contributed by atoms with Crippen molar-refractivity contribution in [3.63, 3.8) is 0 Å². The predicted octanol–water partition coefficient (Wildman–Crippen LogP) is 1.07. The Morgan fingerprint density at radius 2 is 1.96 bits per heavy atom. The lowest BCUT2D eigenvalue weighted by Gasteiger charge is -2.12. The minimum Gasteiger partial charge on any atom is -0.481 e. The van der Waals surface area contributed by atoms with E-state index in [9.17, 15) is 9.59 Å². The van der Waals surface area contributed by atoms with Gasteiger partial charge in [0.2, 0.25) is 0 Å². The summed E-state index contributed by atoms with van der Waals surface area (Å²) >= 11 is 0. The summed E-state index contributed by atoms with van der Waals surface area (Å²) in [6.07, 6.45) is 7.37. The van der Waals surface area contributed by atoms with Crippen LogP contribution in [0.4, 0.5) is 4.79 Å². The summed E-state index contributed by atoms with van der Waals surface area (Å²) in [7, 11) is 0. The molecule has 0 aliphatic rings. The molecule has 24 heavy (non-hydrogen) atoms. The first kappa shape index (κ1) is 19.0. The van der Waals surface area contributed by atoms with Crippen LogP contribution in [0.25, 0.3) is 0 Å². The molecule has 0 spiro atoms. The van der Waals surface area contributed by atoms with Crippen LogP contribution < -0.4 is 16.4 Å². The van der Waals surface area contributed by atoms with Gasteiger partial charge in [0.05, 0.1) is 6.42 Å². The molecular weight excluding hydrogens is 308 g/mol. The summed E-state index contributed by atoms with van der Waals surface area (Å²) in [5.41, 5.74) is 7.23. The normalized spacial score (nSPS) is 11.1. The zero-order valence-electron chi connectivity index (χ0n) is 13.3. The number of carboxylic acid groups (broad SMARTS) is 1. The average molecular weight is 330 g/mol. The molecule has 0 unspecified atom stereocenters. The fourth-order valence-corrected chi connectivity index (χ4v) is 2.04. The molecule has 2 amide bonds. The van der Waals surface area contributed by atoms with Crippen LogP contribution in [0, 0.1) is 17.8 Å². The first-order valence-electron chi connectivity index (χ1n) is 7.58. The number of aryl methyl sites for hydroxylation is 1. The Labute approximate surface area is 141 Å². The number of carbonyl (C=O) groups excluding carboxylic acids is 1. The van der Waals surface area contributed by atoms with Gasteiger partial charge in [0.1, 0.15) is 11.9 Å². The van der Waals surface area contributed by atoms with Crippen LogP contribution in [0.3, 0.4) is 0 Å². The van der Waals surface area contributed by atoms with Crippen molar-refractivity contribution < 1.29 is 14.7 Å². The summed E-state index contributed by atoms with van der Waals surface area (Å²) in [6, 6.07) is 6.20. The van der Waals surface area contributed by atoms with Crippen LogP contribution in [0.15, 0.2) is 24.3 Å². The lowest BCUT2D eigenvalue weighted by molar-refractivity contribution is -0.137. The summed E-state index contributed by atoms with van der Waals surface area (Å²) in [5.74, 6) is 1.21. The van der Waals surface area contributed by atoms with Crippen LogP contribution in [-0.4, -0.2) is 35.5 Å². The fraction of sp³-hybridized carbons (Fsp3) is 0.353. The van der Waals surface area contributed by atoms with E-state index in [1.165, 1.54) is 0 Å². The number of amides is 2. The average Bonchev–Trinajstić information content (AvgIpc) is 2.53. The van der Waals surface area contributed by atoms with Gasteiger partial charge in [-0.15, -0.1) is 6.42 Å². The smallest absolute Gasteiger partial charge is 0.315 e. The first-order valence-corrected chi connectivity index (χ1v) is 7.58. The molecule has 0 aromatic heterocycles. The summed E-state index contributed by atoms with van der Waals surface area (Å²) in [5, 5.41) is 21.0. The van der Waals surface area contributed by atoms with E-state index in [2.05, 4.69) is 16.6 Å². The number of rotatable bonds is 9. The molecule has 1 aromatic rings. The zero-order valence-corrected chi connectivity index (χ0v) is 13.3. The first-order chi connectivity index (χ1) is 11.4. The summed E-state index contributed by atoms with van der Waals surface area (Å²) in [6.45, 7) is 0.474. The van der Waals surface area contributed by atoms with Crippen molar-refractivity contribution in [2.45, 2.75) is 31.7 Å². The lowest BCUT2D eigenvalue weighted by Crippen LogP contribution is -2.42. The molecule has 0 heterocycles. The van der Waals surface area contributed by atoms with E-state index < -0.39 is 18.0 Å². The highest BCUT2D eigenvalue weighted by Gasteiger charge is 2.12. The number of terminal acetylenes is 1. The molecule has 0 aliphatic carbocycles. The number of unbranched alkanes of at least 4 members (excludes halogenated alkanes) is 1. The van der Waals surface area contributed by atoms with Gasteiger partial charge in [0.25, 0.3) is 0 Å². The number of urea groups is 1. The van der Waals surface area contributed by atoms with Gasteiger partial charge in [0.15, 0.2) is 0 Å². The number of carbonyl (C=O) groups is 2. The van der Waals surface area contributed by atoms with Gasteiger partial charge in [-0.05, 0) is 24.8 Å². The van der Waals surface area contributed by atoms with Gasteiger partial charge in [-0.1, -0.05) is 30.2 Å². The maximum Gasteiger partial charge on any atom is 0.315 e. The molecular formula is C17H22N4O3. The zero-order chi connectivity index (χ0) is 17.9. The minimum atomic E-state index is -1.06. The van der Waals surface area contributed by atoms with E-state index in [0.29, 0.717) is 12.1 Å². The van der Waals surface area contributed by atoms with Crippen LogP contribution in [0.1, 0.15) is 30.4 Å². The number of benzene rings is 1. The molecule has 0 radical (unpaired) electrons. The highest BCUT2D eigenvalue weighted by Crippen LogP contribution is 2.07. The Morgan fingerprint density at radius 1 is 1.29 bits per heavy atom. The predicted molar refractivity (Wildman–Crippen MR) is 91.8 cm³/mol. The Balaban J connectivity index is 2.21. The van der Waals surface area contributed by atoms with E-state index >= 15 is 0 Å². The standard InChI is InChI=1S/C17H22N4O3/c1-2-14(11-15(22)23)21-17(24)20-10-4-3-5-12-6-8-13(9-7-12)16(18)19/h1,6-9,14H,3-5,10-11H2,(H3,18,19)(H,22,23)(H2,20,21,24)/t14-/m1/s1. The molecule has 0 aliphatic heterocycles. The minimum absolute atomic E-state index is 0.0462. The number of nitrogen functional groups attached to an aromatic ring is 1. The van der Waals surface area contributed by atoms with Gasteiger partial charge in [-0.25, -0.2) is 4.79 Å². The molecule has 128 valence electrons. The molecule has 0 fully saturated rings. The largest absolute Gasteiger partial charge is 0.481 e. The topological polar surface area (TPSA) is 128 Å². The summed E-state index contributed by atoms with van der Waals surface area (Å²) in [4.78, 5) is 22.1. The van der Waals surface area contributed by atoms with Gasteiger partial charge in [0, 0.05) is 12.1 Å². The monoisotopic (exact) mass is 330 g/mol. The maximum absolute atomic E-state index is 11.6. The van der Waals surface area contributed by atoms with Crippen LogP contribution in [0.5, 0.6) is 0 Å². The number of hydrogen-bond acceptors (Lipinski definition) is 3. The van der Waals surface area contributed by atoms with E-state index in [-0.39, 0.29) is 12.3 Å². The second-order valence-electron chi connectivity index (χ2n) is 5.29. The molecule has 7 nitrogen and oxygen atoms in total. The highest BCUT2D eigenvalue weighted by atomic mass is 16.4. The number of aliphatic carboxylic acids is 1. The molecule has 1 aromatic carbocycles. The number of nitrogens with two attached hydrogens (primary N) is 1. The molecule has 1 atom stereocenters. The van der Waals surface area contributed by atoms with Gasteiger partial charge in [-0.3, -0.25) is 10.2 Å². The van der Waals surface area contributed by atoms with Crippen molar-refractivity contribution >= 4 is 17.8 Å². The summed E-state index contributed by atoms with van der Waals surface area (Å²) < 4.78 is 0. The molecule has 0 saturated carbocycles. The van der Waals surface area contributed by atoms with Crippen LogP contribution >= 0.6 is 0 Å². The third-order valence-electron chi connectivity index (χ3n) is 3.33. The van der Waals surface area contributed by atoms with E-state index in [4.69, 9.17) is 22.7 Å². The molecule has 1 rings (SSSR count). The van der Waals surface area contributed by atoms with Gasteiger partial charge < -0.3 is 21.5 Å². The molecule has 6 N–H and O–H groups in total. The Morgan fingerprint density at radius 3 is 2.50 bits per heavy atom. The molecule has 0 saturated heterocycles. The van der Waals surface area contributed by atoms with E-state index in [1.807, 2.05) is 24.3 Å². The van der Waals surface area contributed by atoms with Crippen molar-refractivity contribution in [1.29, 1.82) is 5.41 Å². The highest BCUT2D eigenvalue weighted by molar-refractivity contribution is 5.94. The Bertz CT molecular complexity index is 620. The molecule has 0 bridgehead atoms. The van der Waals surface area contributed by atoms with E-state index in [0.717, 1.165) is 24.8 Å². The van der Waals surface area contributed by atoms with Crippen molar-refractivity contribution in [1.82, 2.24) is 10.6 Å². The quantitative estimate of drug-likeness (QED) is 0.201.